The maximum absolute atomic E-state index is 12.0. The number of aliphatic hydroxyl groups is 9. The van der Waals surface area contributed by atoms with E-state index in [1.54, 1.807) is 5.32 Å². The Morgan fingerprint density at radius 1 is 1.15 bits per heavy atom. The van der Waals surface area contributed by atoms with Crippen LogP contribution in [0, 0.1) is 5.92 Å². The van der Waals surface area contributed by atoms with Crippen molar-refractivity contribution in [2.75, 3.05) is 6.61 Å². The van der Waals surface area contributed by atoms with E-state index in [2.05, 4.69) is 0 Å². The Balaban J connectivity index is 3.22. The van der Waals surface area contributed by atoms with Crippen LogP contribution >= 0.6 is 0 Å². The summed E-state index contributed by atoms with van der Waals surface area (Å²) in [4.78, 5) is 34.9. The van der Waals surface area contributed by atoms with Gasteiger partial charge in [-0.1, -0.05) is 6.92 Å². The number of imide groups is 1. The first-order chi connectivity index (χ1) is 11.9. The maximum atomic E-state index is 12.0. The average molecular weight is 398 g/mol. The Bertz CT molecular complexity index is 627. The SMILES string of the molecule is CC(CC1(O)N(C(C)(O)O)C(=O)C(O)(O)C1(O)O)C(=O)NC(=O)C(O)CO. The highest BCUT2D eigenvalue weighted by Gasteiger charge is 2.79. The molecule has 156 valence electrons. The molecule has 14 nitrogen and oxygen atoms in total. The number of hydrogen-bond acceptors (Lipinski definition) is 12. The van der Waals surface area contributed by atoms with Crippen molar-refractivity contribution < 1.29 is 60.3 Å². The Morgan fingerprint density at radius 2 is 1.63 bits per heavy atom. The van der Waals surface area contributed by atoms with Crippen LogP contribution in [-0.2, 0) is 14.4 Å². The number of amides is 3. The average Bonchev–Trinajstić information content (AvgIpc) is 2.61. The molecule has 0 aromatic rings. The van der Waals surface area contributed by atoms with Crippen LogP contribution in [0.4, 0.5) is 0 Å². The lowest BCUT2D eigenvalue weighted by Gasteiger charge is -2.43. The lowest BCUT2D eigenvalue weighted by molar-refractivity contribution is -0.403. The molecule has 1 rings (SSSR count). The van der Waals surface area contributed by atoms with Gasteiger partial charge >= 0.3 is 5.79 Å². The van der Waals surface area contributed by atoms with Crippen molar-refractivity contribution in [2.24, 2.45) is 5.92 Å². The number of aliphatic hydroxyl groups excluding tert-OH is 2. The topological polar surface area (TPSA) is 249 Å². The largest absolute Gasteiger partial charge is 0.393 e. The third kappa shape index (κ3) is 3.66. The summed E-state index contributed by atoms with van der Waals surface area (Å²) >= 11 is 0. The van der Waals surface area contributed by atoms with Gasteiger partial charge < -0.3 is 46.0 Å². The number of carbonyl (C=O) groups excluding carboxylic acids is 3. The predicted molar refractivity (Wildman–Crippen MR) is 79.0 cm³/mol. The van der Waals surface area contributed by atoms with Gasteiger partial charge in [-0.3, -0.25) is 24.6 Å². The van der Waals surface area contributed by atoms with Crippen molar-refractivity contribution in [3.05, 3.63) is 0 Å². The molecule has 0 aliphatic carbocycles. The molecule has 0 bridgehead atoms. The summed E-state index contributed by atoms with van der Waals surface area (Å²) in [6, 6.07) is 0. The van der Waals surface area contributed by atoms with E-state index in [0.29, 0.717) is 6.92 Å². The molecule has 1 aliphatic heterocycles. The molecule has 0 saturated carbocycles. The van der Waals surface area contributed by atoms with E-state index in [-0.39, 0.29) is 0 Å². The lowest BCUT2D eigenvalue weighted by atomic mass is 9.89. The molecule has 1 fully saturated rings. The van der Waals surface area contributed by atoms with Crippen LogP contribution in [-0.4, -0.2) is 105 Å². The molecule has 3 atom stereocenters. The van der Waals surface area contributed by atoms with Crippen LogP contribution in [0.5, 0.6) is 0 Å². The Kier molecular flexibility index (Phi) is 6.04. The molecule has 27 heavy (non-hydrogen) atoms. The van der Waals surface area contributed by atoms with Gasteiger partial charge in [0.1, 0.15) is 0 Å². The van der Waals surface area contributed by atoms with Gasteiger partial charge in [-0.05, 0) is 0 Å². The summed E-state index contributed by atoms with van der Waals surface area (Å²) in [5.74, 6) is -17.7. The van der Waals surface area contributed by atoms with Gasteiger partial charge in [0.25, 0.3) is 17.6 Å². The normalized spacial score (nSPS) is 26.6. The molecule has 3 amide bonds. The van der Waals surface area contributed by atoms with E-state index < -0.39 is 70.9 Å². The molecule has 3 unspecified atom stereocenters. The fraction of sp³-hybridized carbons (Fsp3) is 0.769. The second-order valence-corrected chi connectivity index (χ2v) is 6.43. The molecule has 1 heterocycles. The van der Waals surface area contributed by atoms with Crippen LogP contribution < -0.4 is 5.32 Å². The third-order valence-electron chi connectivity index (χ3n) is 4.10. The number of nitrogens with one attached hydrogen (secondary N) is 1. The minimum atomic E-state index is -4.09. The van der Waals surface area contributed by atoms with E-state index in [1.807, 2.05) is 0 Å². The minimum Gasteiger partial charge on any atom is -0.393 e. The Hall–Kier alpha value is -1.75. The smallest absolute Gasteiger partial charge is 0.306 e. The van der Waals surface area contributed by atoms with Gasteiger partial charge in [-0.2, -0.15) is 0 Å². The van der Waals surface area contributed by atoms with E-state index in [0.717, 1.165) is 6.92 Å². The van der Waals surface area contributed by atoms with Crippen molar-refractivity contribution in [1.82, 2.24) is 10.2 Å². The molecule has 0 aromatic heterocycles. The zero-order valence-electron chi connectivity index (χ0n) is 14.3. The predicted octanol–water partition coefficient (Wildman–Crippen LogP) is -6.44. The number of nitrogens with zero attached hydrogens (tertiary/aromatic N) is 1. The molecule has 0 spiro atoms. The highest BCUT2D eigenvalue weighted by atomic mass is 16.6. The van der Waals surface area contributed by atoms with Crippen molar-refractivity contribution >= 4 is 17.7 Å². The summed E-state index contributed by atoms with van der Waals surface area (Å²) < 4.78 is 0. The Morgan fingerprint density at radius 3 is 2.04 bits per heavy atom. The highest BCUT2D eigenvalue weighted by Crippen LogP contribution is 2.47. The first-order valence-corrected chi connectivity index (χ1v) is 7.50. The van der Waals surface area contributed by atoms with Gasteiger partial charge in [0, 0.05) is 19.3 Å². The first-order valence-electron chi connectivity index (χ1n) is 7.50. The van der Waals surface area contributed by atoms with Crippen LogP contribution in [0.1, 0.15) is 20.3 Å². The summed E-state index contributed by atoms with van der Waals surface area (Å²) in [5.41, 5.74) is -3.51. The third-order valence-corrected chi connectivity index (χ3v) is 4.10. The van der Waals surface area contributed by atoms with Gasteiger partial charge in [0.15, 0.2) is 6.10 Å². The molecule has 0 radical (unpaired) electrons. The summed E-state index contributed by atoms with van der Waals surface area (Å²) in [6.07, 6.45) is -3.18. The van der Waals surface area contributed by atoms with Gasteiger partial charge in [0.2, 0.25) is 17.5 Å². The summed E-state index contributed by atoms with van der Waals surface area (Å²) in [6.45, 7) is 0.464. The number of likely N-dealkylation sites (tertiary alicyclic amines) is 1. The summed E-state index contributed by atoms with van der Waals surface area (Å²) in [5, 5.41) is 88.3. The van der Waals surface area contributed by atoms with Crippen molar-refractivity contribution in [3.63, 3.8) is 0 Å². The van der Waals surface area contributed by atoms with Crippen molar-refractivity contribution in [1.29, 1.82) is 0 Å². The van der Waals surface area contributed by atoms with E-state index >= 15 is 0 Å². The minimum absolute atomic E-state index is 0.450. The first kappa shape index (κ1) is 23.3. The standard InChI is InChI=1S/C13H22N2O12/c1-5(7(18)14-8(19)6(17)4-16)3-11(23)13(26,27)12(24,25)9(20)15(11)10(2,21)22/h5-6,16-17,21-27H,3-4H2,1-2H3,(H,14,18,19). The van der Waals surface area contributed by atoms with Crippen LogP contribution in [0.15, 0.2) is 0 Å². The molecule has 1 saturated heterocycles. The zero-order chi connectivity index (χ0) is 21.6. The van der Waals surface area contributed by atoms with Crippen LogP contribution in [0.2, 0.25) is 0 Å². The zero-order valence-corrected chi connectivity index (χ0v) is 14.3. The highest BCUT2D eigenvalue weighted by molar-refractivity contribution is 5.98. The lowest BCUT2D eigenvalue weighted by Crippen LogP contribution is -2.68. The second kappa shape index (κ2) is 7.01. The Labute approximate surface area is 151 Å². The molecule has 10 N–H and O–H groups in total. The van der Waals surface area contributed by atoms with E-state index in [1.165, 1.54) is 0 Å². The monoisotopic (exact) mass is 398 g/mol. The fourth-order valence-electron chi connectivity index (χ4n) is 2.61. The van der Waals surface area contributed by atoms with Crippen LogP contribution in [0.3, 0.4) is 0 Å². The fourth-order valence-corrected chi connectivity index (χ4v) is 2.61. The molecule has 14 heteroatoms. The summed E-state index contributed by atoms with van der Waals surface area (Å²) in [7, 11) is 0. The molecule has 0 aromatic carbocycles. The molecular weight excluding hydrogens is 376 g/mol. The van der Waals surface area contributed by atoms with Gasteiger partial charge in [-0.25, -0.2) is 0 Å². The maximum Gasteiger partial charge on any atom is 0.306 e. The molecular formula is C13H22N2O12. The quantitative estimate of drug-likeness (QED) is 0.188. The molecule has 1 aliphatic rings. The van der Waals surface area contributed by atoms with Crippen molar-refractivity contribution in [2.45, 2.75) is 49.6 Å². The van der Waals surface area contributed by atoms with E-state index in [9.17, 15) is 50.1 Å². The van der Waals surface area contributed by atoms with Gasteiger partial charge in [-0.15, -0.1) is 0 Å². The number of rotatable bonds is 6. The number of hydrogen-bond donors (Lipinski definition) is 10. The number of carbonyl (C=O) groups is 3. The second-order valence-electron chi connectivity index (χ2n) is 6.43. The van der Waals surface area contributed by atoms with Crippen molar-refractivity contribution in [3.8, 4) is 0 Å². The van der Waals surface area contributed by atoms with Crippen LogP contribution in [0.25, 0.3) is 0 Å². The van der Waals surface area contributed by atoms with Gasteiger partial charge in [0.05, 0.1) is 6.61 Å². The van der Waals surface area contributed by atoms with E-state index in [4.69, 9.17) is 10.2 Å².